The number of pyridine rings is 1. The topological polar surface area (TPSA) is 97.7 Å². The maximum atomic E-state index is 6.04. The van der Waals surface area contributed by atoms with Crippen molar-refractivity contribution in [3.05, 3.63) is 35.8 Å². The van der Waals surface area contributed by atoms with Crippen molar-refractivity contribution in [1.82, 2.24) is 29.5 Å². The number of ether oxygens (including phenoxy) is 1. The quantitative estimate of drug-likeness (QED) is 0.517. The molecule has 0 bridgehead atoms. The summed E-state index contributed by atoms with van der Waals surface area (Å²) >= 11 is 0. The van der Waals surface area contributed by atoms with Crippen LogP contribution in [0.5, 0.6) is 6.01 Å². The fourth-order valence-electron chi connectivity index (χ4n) is 2.84. The number of rotatable bonds is 10. The first-order chi connectivity index (χ1) is 14.0. The largest absolute Gasteiger partial charge is 0.462 e. The van der Waals surface area contributed by atoms with E-state index in [0.29, 0.717) is 24.5 Å². The van der Waals surface area contributed by atoms with Crippen LogP contribution >= 0.6 is 0 Å². The third-order valence-corrected chi connectivity index (χ3v) is 4.64. The van der Waals surface area contributed by atoms with Crippen LogP contribution in [0.1, 0.15) is 31.0 Å². The number of anilines is 2. The molecule has 0 unspecified atom stereocenters. The standard InChI is InChI=1S/C20H30N8O/c1-5-6-11-29-20-24-18(21)19-23-14-16(28(19)25-20)12-15-7-8-17(22-13-15)27(4)10-9-26(2)3/h7-8,13-14H,5-6,9-12H2,1-4H3,(H2,21,24,25). The summed E-state index contributed by atoms with van der Waals surface area (Å²) in [7, 11) is 6.18. The van der Waals surface area contributed by atoms with Crippen molar-refractivity contribution in [2.75, 3.05) is 51.5 Å². The van der Waals surface area contributed by atoms with Crippen LogP contribution in [0, 0.1) is 0 Å². The zero-order valence-corrected chi connectivity index (χ0v) is 17.7. The van der Waals surface area contributed by atoms with E-state index in [4.69, 9.17) is 10.5 Å². The SMILES string of the molecule is CCCCOc1nc(N)c2ncc(Cc3ccc(N(C)CCN(C)C)nc3)n2n1. The van der Waals surface area contributed by atoms with E-state index in [-0.39, 0.29) is 6.01 Å². The molecule has 0 fully saturated rings. The molecule has 0 aliphatic carbocycles. The van der Waals surface area contributed by atoms with Gasteiger partial charge in [0.2, 0.25) is 0 Å². The molecule has 3 aromatic heterocycles. The second-order valence-corrected chi connectivity index (χ2v) is 7.39. The first-order valence-corrected chi connectivity index (χ1v) is 9.91. The highest BCUT2D eigenvalue weighted by Crippen LogP contribution is 2.18. The van der Waals surface area contributed by atoms with Gasteiger partial charge in [0.25, 0.3) is 0 Å². The molecule has 0 spiro atoms. The molecule has 9 heteroatoms. The zero-order valence-electron chi connectivity index (χ0n) is 17.7. The van der Waals surface area contributed by atoms with Crippen molar-refractivity contribution in [3.63, 3.8) is 0 Å². The van der Waals surface area contributed by atoms with Crippen molar-refractivity contribution < 1.29 is 4.74 Å². The van der Waals surface area contributed by atoms with E-state index in [1.807, 2.05) is 12.3 Å². The third-order valence-electron chi connectivity index (χ3n) is 4.64. The molecule has 0 amide bonds. The van der Waals surface area contributed by atoms with Crippen LogP contribution < -0.4 is 15.4 Å². The summed E-state index contributed by atoms with van der Waals surface area (Å²) in [6, 6.07) is 4.40. The van der Waals surface area contributed by atoms with Crippen LogP contribution in [-0.2, 0) is 6.42 Å². The van der Waals surface area contributed by atoms with Crippen LogP contribution in [0.25, 0.3) is 5.65 Å². The van der Waals surface area contributed by atoms with Gasteiger partial charge in [-0.25, -0.2) is 14.5 Å². The maximum absolute atomic E-state index is 6.04. The van der Waals surface area contributed by atoms with Gasteiger partial charge < -0.3 is 20.3 Å². The molecule has 2 N–H and O–H groups in total. The normalized spacial score (nSPS) is 11.3. The fraction of sp³-hybridized carbons (Fsp3) is 0.500. The summed E-state index contributed by atoms with van der Waals surface area (Å²) in [5.74, 6) is 1.26. The van der Waals surface area contributed by atoms with E-state index < -0.39 is 0 Å². The Labute approximate surface area is 171 Å². The Kier molecular flexibility index (Phi) is 6.82. The van der Waals surface area contributed by atoms with Gasteiger partial charge in [0.15, 0.2) is 11.5 Å². The highest BCUT2D eigenvalue weighted by atomic mass is 16.5. The van der Waals surface area contributed by atoms with Gasteiger partial charge in [-0.3, -0.25) is 0 Å². The van der Waals surface area contributed by atoms with Gasteiger partial charge in [0, 0.05) is 32.8 Å². The van der Waals surface area contributed by atoms with Crippen molar-refractivity contribution in [1.29, 1.82) is 0 Å². The van der Waals surface area contributed by atoms with E-state index in [9.17, 15) is 0 Å². The van der Waals surface area contributed by atoms with Crippen LogP contribution in [0.15, 0.2) is 24.5 Å². The van der Waals surface area contributed by atoms with Gasteiger partial charge in [-0.05, 0) is 32.1 Å². The number of hydrogen-bond donors (Lipinski definition) is 1. The lowest BCUT2D eigenvalue weighted by Gasteiger charge is -2.20. The molecule has 3 rings (SSSR count). The number of likely N-dealkylation sites (N-methyl/N-ethyl adjacent to an activating group) is 2. The number of hydrogen-bond acceptors (Lipinski definition) is 8. The second-order valence-electron chi connectivity index (χ2n) is 7.39. The number of unbranched alkanes of at least 4 members (excludes halogenated alkanes) is 1. The van der Waals surface area contributed by atoms with Gasteiger partial charge in [-0.1, -0.05) is 19.4 Å². The minimum atomic E-state index is 0.277. The van der Waals surface area contributed by atoms with Gasteiger partial charge in [-0.2, -0.15) is 4.98 Å². The average molecular weight is 399 g/mol. The predicted molar refractivity (Wildman–Crippen MR) is 114 cm³/mol. The van der Waals surface area contributed by atoms with Gasteiger partial charge in [0.1, 0.15) is 5.82 Å². The molecular formula is C20H30N8O. The Morgan fingerprint density at radius 3 is 2.62 bits per heavy atom. The molecule has 29 heavy (non-hydrogen) atoms. The number of nitrogens with two attached hydrogens (primary N) is 1. The van der Waals surface area contributed by atoms with Crippen molar-refractivity contribution in [2.24, 2.45) is 0 Å². The highest BCUT2D eigenvalue weighted by molar-refractivity contribution is 5.59. The smallest absolute Gasteiger partial charge is 0.336 e. The van der Waals surface area contributed by atoms with Gasteiger partial charge in [0.05, 0.1) is 18.5 Å². The summed E-state index contributed by atoms with van der Waals surface area (Å²) < 4.78 is 7.33. The van der Waals surface area contributed by atoms with Crippen molar-refractivity contribution >= 4 is 17.3 Å². The predicted octanol–water partition coefficient (Wildman–Crippen LogP) is 1.87. The second kappa shape index (κ2) is 9.51. The highest BCUT2D eigenvalue weighted by Gasteiger charge is 2.13. The molecule has 0 aliphatic rings. The minimum Gasteiger partial charge on any atom is -0.462 e. The lowest BCUT2D eigenvalue weighted by molar-refractivity contribution is 0.280. The van der Waals surface area contributed by atoms with Crippen LogP contribution in [-0.4, -0.2) is 70.3 Å². The summed E-state index contributed by atoms with van der Waals surface area (Å²) in [6.07, 6.45) is 6.29. The summed E-state index contributed by atoms with van der Waals surface area (Å²) in [5.41, 5.74) is 8.55. The number of nitrogen functional groups attached to an aromatic ring is 1. The molecule has 3 heterocycles. The monoisotopic (exact) mass is 398 g/mol. The van der Waals surface area contributed by atoms with E-state index in [0.717, 1.165) is 43.0 Å². The maximum Gasteiger partial charge on any atom is 0.336 e. The summed E-state index contributed by atoms with van der Waals surface area (Å²) in [6.45, 7) is 4.57. The van der Waals surface area contributed by atoms with Crippen LogP contribution in [0.4, 0.5) is 11.6 Å². The van der Waals surface area contributed by atoms with Crippen LogP contribution in [0.2, 0.25) is 0 Å². The Hall–Kier alpha value is -2.94. The molecule has 156 valence electrons. The van der Waals surface area contributed by atoms with Crippen molar-refractivity contribution in [3.8, 4) is 6.01 Å². The Morgan fingerprint density at radius 1 is 1.10 bits per heavy atom. The van der Waals surface area contributed by atoms with E-state index >= 15 is 0 Å². The number of nitrogens with zero attached hydrogens (tertiary/aromatic N) is 7. The minimum absolute atomic E-state index is 0.277. The Bertz CT molecular complexity index is 922. The van der Waals surface area contributed by atoms with Gasteiger partial charge >= 0.3 is 6.01 Å². The Morgan fingerprint density at radius 2 is 1.93 bits per heavy atom. The number of fused-ring (bicyclic) bond motifs is 1. The molecule has 0 radical (unpaired) electrons. The average Bonchev–Trinajstić information content (AvgIpc) is 3.10. The molecule has 0 aromatic carbocycles. The third kappa shape index (κ3) is 5.32. The first kappa shape index (κ1) is 20.8. The summed E-state index contributed by atoms with van der Waals surface area (Å²) in [5, 5.41) is 4.46. The van der Waals surface area contributed by atoms with Crippen molar-refractivity contribution in [2.45, 2.75) is 26.2 Å². The zero-order chi connectivity index (χ0) is 20.8. The molecular weight excluding hydrogens is 368 g/mol. The fourth-order valence-corrected chi connectivity index (χ4v) is 2.84. The lowest BCUT2D eigenvalue weighted by Crippen LogP contribution is -2.28. The molecule has 3 aromatic rings. The lowest BCUT2D eigenvalue weighted by atomic mass is 10.2. The van der Waals surface area contributed by atoms with Crippen LogP contribution in [0.3, 0.4) is 0 Å². The number of imidazole rings is 1. The first-order valence-electron chi connectivity index (χ1n) is 9.91. The van der Waals surface area contributed by atoms with Gasteiger partial charge in [-0.15, -0.1) is 5.10 Å². The molecule has 0 saturated carbocycles. The van der Waals surface area contributed by atoms with E-state index in [2.05, 4.69) is 64.0 Å². The summed E-state index contributed by atoms with van der Waals surface area (Å²) in [4.78, 5) is 17.5. The molecule has 0 aliphatic heterocycles. The molecule has 0 saturated heterocycles. The van der Waals surface area contributed by atoms with E-state index in [1.165, 1.54) is 0 Å². The Balaban J connectivity index is 1.74. The number of aromatic nitrogens is 5. The molecule has 9 nitrogen and oxygen atoms in total. The molecule has 0 atom stereocenters. The van der Waals surface area contributed by atoms with E-state index in [1.54, 1.807) is 10.7 Å².